The summed E-state index contributed by atoms with van der Waals surface area (Å²) >= 11 is 0. The fourth-order valence-electron chi connectivity index (χ4n) is 1.15. The van der Waals surface area contributed by atoms with E-state index in [-0.39, 0.29) is 5.54 Å². The molecule has 0 bridgehead atoms. The van der Waals surface area contributed by atoms with E-state index in [0.717, 1.165) is 13.1 Å². The average Bonchev–Trinajstić information content (AvgIpc) is 2.09. The van der Waals surface area contributed by atoms with Crippen LogP contribution < -0.4 is 20.3 Å². The van der Waals surface area contributed by atoms with Crippen LogP contribution in [0.3, 0.4) is 0 Å². The summed E-state index contributed by atoms with van der Waals surface area (Å²) in [4.78, 5) is 9.99. The van der Waals surface area contributed by atoms with Gasteiger partial charge in [0.2, 0.25) is 0 Å². The van der Waals surface area contributed by atoms with Gasteiger partial charge in [0.1, 0.15) is 0 Å². The molecule has 5 heteroatoms. The van der Waals surface area contributed by atoms with Crippen molar-refractivity contribution in [3.63, 3.8) is 0 Å². The maximum absolute atomic E-state index is 3.48. The predicted molar refractivity (Wildman–Crippen MR) is 65.6 cm³/mol. The second-order valence-electron chi connectivity index (χ2n) is 4.49. The Balaban J connectivity index is 3.29. The lowest BCUT2D eigenvalue weighted by Gasteiger charge is -2.21. The smallest absolute Gasteiger partial charge is 0.264 e. The SMILES string of the molecule is CN[SiH](NC)NCCCNC(C)(C)C. The molecule has 0 spiro atoms. The zero-order valence-electron chi connectivity index (χ0n) is 10.2. The van der Waals surface area contributed by atoms with Gasteiger partial charge in [-0.2, -0.15) is 0 Å². The van der Waals surface area contributed by atoms with E-state index >= 15 is 0 Å². The van der Waals surface area contributed by atoms with Gasteiger partial charge in [0, 0.05) is 5.54 Å². The lowest BCUT2D eigenvalue weighted by Crippen LogP contribution is -2.55. The van der Waals surface area contributed by atoms with Gasteiger partial charge in [0.15, 0.2) is 0 Å². The van der Waals surface area contributed by atoms with Crippen molar-refractivity contribution < 1.29 is 0 Å². The first-order valence-electron chi connectivity index (χ1n) is 5.32. The molecule has 0 aromatic rings. The standard InChI is InChI=1S/C9H26N4Si/c1-9(2,3)12-7-6-8-13-14(10-4)11-5/h10-14H,6-8H2,1-5H3. The molecule has 14 heavy (non-hydrogen) atoms. The highest BCUT2D eigenvalue weighted by atomic mass is 28.3. The highest BCUT2D eigenvalue weighted by Gasteiger charge is 2.07. The van der Waals surface area contributed by atoms with Crippen LogP contribution in [0.2, 0.25) is 0 Å². The summed E-state index contributed by atoms with van der Waals surface area (Å²) in [6.07, 6.45) is 1.17. The van der Waals surface area contributed by atoms with E-state index in [1.807, 2.05) is 14.1 Å². The fourth-order valence-corrected chi connectivity index (χ4v) is 2.34. The number of rotatable bonds is 7. The van der Waals surface area contributed by atoms with E-state index in [2.05, 4.69) is 41.0 Å². The molecule has 0 aromatic heterocycles. The van der Waals surface area contributed by atoms with Gasteiger partial charge in [-0.15, -0.1) is 0 Å². The van der Waals surface area contributed by atoms with Crippen LogP contribution in [0.25, 0.3) is 0 Å². The van der Waals surface area contributed by atoms with Crippen molar-refractivity contribution in [2.45, 2.75) is 32.7 Å². The molecule has 0 saturated carbocycles. The van der Waals surface area contributed by atoms with Crippen molar-refractivity contribution in [1.82, 2.24) is 20.3 Å². The fraction of sp³-hybridized carbons (Fsp3) is 1.00. The minimum absolute atomic E-state index is 0.239. The highest BCUT2D eigenvalue weighted by molar-refractivity contribution is 6.50. The Hall–Kier alpha value is 0.0569. The van der Waals surface area contributed by atoms with Crippen molar-refractivity contribution in [1.29, 1.82) is 0 Å². The molecule has 0 fully saturated rings. The maximum Gasteiger partial charge on any atom is 0.264 e. The molecule has 0 atom stereocenters. The minimum Gasteiger partial charge on any atom is -0.319 e. The molecule has 4 N–H and O–H groups in total. The number of hydrogen-bond donors (Lipinski definition) is 4. The molecule has 0 unspecified atom stereocenters. The van der Waals surface area contributed by atoms with Crippen molar-refractivity contribution in [3.05, 3.63) is 0 Å². The first-order chi connectivity index (χ1) is 6.49. The van der Waals surface area contributed by atoms with E-state index in [1.54, 1.807) is 0 Å². The molecule has 0 rings (SSSR count). The second-order valence-corrected chi connectivity index (χ2v) is 6.92. The summed E-state index contributed by atoms with van der Waals surface area (Å²) in [6, 6.07) is 0. The summed E-state index contributed by atoms with van der Waals surface area (Å²) in [6.45, 7) is 8.73. The molecule has 0 heterocycles. The maximum atomic E-state index is 3.48. The third-order valence-corrected chi connectivity index (χ3v) is 3.79. The van der Waals surface area contributed by atoms with Gasteiger partial charge in [0.25, 0.3) is 9.28 Å². The lowest BCUT2D eigenvalue weighted by molar-refractivity contribution is 0.422. The van der Waals surface area contributed by atoms with Crippen LogP contribution in [0.5, 0.6) is 0 Å². The zero-order valence-corrected chi connectivity index (χ0v) is 11.4. The molecule has 0 radical (unpaired) electrons. The van der Waals surface area contributed by atoms with E-state index in [1.165, 1.54) is 6.42 Å². The van der Waals surface area contributed by atoms with Crippen molar-refractivity contribution in [3.8, 4) is 0 Å². The van der Waals surface area contributed by atoms with Gasteiger partial charge >= 0.3 is 0 Å². The summed E-state index contributed by atoms with van der Waals surface area (Å²) in [5, 5.41) is 3.47. The van der Waals surface area contributed by atoms with Crippen molar-refractivity contribution in [2.75, 3.05) is 27.2 Å². The van der Waals surface area contributed by atoms with Crippen molar-refractivity contribution >= 4 is 9.28 Å². The van der Waals surface area contributed by atoms with Gasteiger partial charge in [-0.05, 0) is 54.4 Å². The monoisotopic (exact) mass is 218 g/mol. The third-order valence-electron chi connectivity index (χ3n) is 1.93. The van der Waals surface area contributed by atoms with E-state index in [4.69, 9.17) is 0 Å². The summed E-state index contributed by atoms with van der Waals surface area (Å²) in [7, 11) is 2.93. The normalized spacial score (nSPS) is 12.4. The Morgan fingerprint density at radius 1 is 1.00 bits per heavy atom. The Morgan fingerprint density at radius 3 is 2.00 bits per heavy atom. The topological polar surface area (TPSA) is 48.1 Å². The molecule has 0 aliphatic heterocycles. The molecule has 0 aliphatic rings. The Bertz CT molecular complexity index is 131. The molecular weight excluding hydrogens is 192 g/mol. The van der Waals surface area contributed by atoms with Crippen LogP contribution in [-0.2, 0) is 0 Å². The minimum atomic E-state index is -1.05. The first kappa shape index (κ1) is 14.1. The zero-order chi connectivity index (χ0) is 11.0. The third kappa shape index (κ3) is 8.65. The largest absolute Gasteiger partial charge is 0.319 e. The molecule has 0 aromatic carbocycles. The van der Waals surface area contributed by atoms with Gasteiger partial charge in [-0.3, -0.25) is 0 Å². The number of hydrogen-bond acceptors (Lipinski definition) is 4. The molecule has 86 valence electrons. The Kier molecular flexibility index (Phi) is 7.39. The van der Waals surface area contributed by atoms with Crippen LogP contribution in [0.4, 0.5) is 0 Å². The van der Waals surface area contributed by atoms with Crippen LogP contribution in [0.1, 0.15) is 27.2 Å². The van der Waals surface area contributed by atoms with Gasteiger partial charge in [-0.25, -0.2) is 0 Å². The van der Waals surface area contributed by atoms with Crippen LogP contribution in [-0.4, -0.2) is 42.0 Å². The quantitative estimate of drug-likeness (QED) is 0.344. The van der Waals surface area contributed by atoms with E-state index in [9.17, 15) is 0 Å². The van der Waals surface area contributed by atoms with Gasteiger partial charge in [0.05, 0.1) is 0 Å². The lowest BCUT2D eigenvalue weighted by atomic mass is 10.1. The molecule has 4 nitrogen and oxygen atoms in total. The summed E-state index contributed by atoms with van der Waals surface area (Å²) in [5.41, 5.74) is 0.239. The van der Waals surface area contributed by atoms with Crippen LogP contribution in [0.15, 0.2) is 0 Å². The Labute approximate surface area is 90.1 Å². The Morgan fingerprint density at radius 2 is 1.57 bits per heavy atom. The molecule has 0 saturated heterocycles. The molecular formula is C9H26N4Si. The second kappa shape index (κ2) is 7.36. The van der Waals surface area contributed by atoms with E-state index < -0.39 is 9.28 Å². The number of nitrogens with one attached hydrogen (secondary N) is 4. The molecule has 0 aliphatic carbocycles. The van der Waals surface area contributed by atoms with E-state index in [0.29, 0.717) is 0 Å². The average molecular weight is 218 g/mol. The first-order valence-corrected chi connectivity index (χ1v) is 7.06. The molecule has 0 amide bonds. The van der Waals surface area contributed by atoms with Gasteiger partial charge in [-0.1, -0.05) is 0 Å². The van der Waals surface area contributed by atoms with Crippen LogP contribution >= 0.6 is 0 Å². The van der Waals surface area contributed by atoms with Crippen molar-refractivity contribution in [2.24, 2.45) is 0 Å². The summed E-state index contributed by atoms with van der Waals surface area (Å²) < 4.78 is 0. The predicted octanol–water partition coefficient (Wildman–Crippen LogP) is -0.490. The summed E-state index contributed by atoms with van der Waals surface area (Å²) in [5.74, 6) is 0. The highest BCUT2D eigenvalue weighted by Crippen LogP contribution is 1.97. The van der Waals surface area contributed by atoms with Crippen LogP contribution in [0, 0.1) is 0 Å². The van der Waals surface area contributed by atoms with Gasteiger partial charge < -0.3 is 20.3 Å².